The molecule has 0 saturated heterocycles. The molecule has 0 aliphatic rings. The van der Waals surface area contributed by atoms with Crippen molar-refractivity contribution in [2.75, 3.05) is 31.6 Å². The molecule has 0 aliphatic carbocycles. The first-order valence-electron chi connectivity index (χ1n) is 15.3. The van der Waals surface area contributed by atoms with E-state index >= 15 is 0 Å². The summed E-state index contributed by atoms with van der Waals surface area (Å²) in [5, 5.41) is 3.55. The van der Waals surface area contributed by atoms with Gasteiger partial charge in [-0.3, -0.25) is 13.9 Å². The third-order valence-electron chi connectivity index (χ3n) is 7.61. The molecular formula is C36H39Cl2N3O6S. The Morgan fingerprint density at radius 1 is 0.833 bits per heavy atom. The number of hydrogen-bond acceptors (Lipinski definition) is 6. The molecule has 48 heavy (non-hydrogen) atoms. The minimum absolute atomic E-state index is 0.0427. The van der Waals surface area contributed by atoms with Crippen LogP contribution in [-0.4, -0.2) is 58.5 Å². The second-order valence-electron chi connectivity index (χ2n) is 11.4. The monoisotopic (exact) mass is 711 g/mol. The fourth-order valence-corrected chi connectivity index (χ4v) is 7.01. The zero-order valence-corrected chi connectivity index (χ0v) is 29.6. The molecule has 254 valence electrons. The van der Waals surface area contributed by atoms with E-state index in [0.29, 0.717) is 27.9 Å². The summed E-state index contributed by atoms with van der Waals surface area (Å²) in [7, 11) is -1.50. The number of amides is 2. The number of methoxy groups -OCH3 is 2. The Morgan fingerprint density at radius 3 is 2.04 bits per heavy atom. The van der Waals surface area contributed by atoms with Crippen molar-refractivity contribution in [3.05, 3.63) is 118 Å². The molecule has 0 unspecified atom stereocenters. The van der Waals surface area contributed by atoms with Gasteiger partial charge in [0.05, 0.1) is 24.8 Å². The SMILES string of the molecule is COc1ccc(OC)c(N(CC(=O)N(Cc2c(Cl)cccc2Cl)[C@H](Cc2ccccc2)C(=O)NCC(C)C)S(=O)(=O)c2ccccc2)c1. The van der Waals surface area contributed by atoms with Crippen molar-refractivity contribution >= 4 is 50.7 Å². The van der Waals surface area contributed by atoms with Crippen molar-refractivity contribution in [3.8, 4) is 11.5 Å². The molecule has 0 radical (unpaired) electrons. The van der Waals surface area contributed by atoms with E-state index in [-0.39, 0.29) is 35.2 Å². The van der Waals surface area contributed by atoms with E-state index in [1.54, 1.807) is 48.5 Å². The van der Waals surface area contributed by atoms with Crippen LogP contribution >= 0.6 is 23.2 Å². The number of anilines is 1. The van der Waals surface area contributed by atoms with E-state index in [1.807, 2.05) is 44.2 Å². The van der Waals surface area contributed by atoms with E-state index in [9.17, 15) is 18.0 Å². The number of carbonyl (C=O) groups is 2. The van der Waals surface area contributed by atoms with Crippen molar-refractivity contribution < 1.29 is 27.5 Å². The molecule has 0 fully saturated rings. The fraction of sp³-hybridized carbons (Fsp3) is 0.278. The normalized spacial score (nSPS) is 11.9. The van der Waals surface area contributed by atoms with Gasteiger partial charge in [-0.1, -0.05) is 91.6 Å². The Kier molecular flexibility index (Phi) is 12.7. The highest BCUT2D eigenvalue weighted by atomic mass is 35.5. The summed E-state index contributed by atoms with van der Waals surface area (Å²) in [5.41, 5.74) is 1.29. The molecule has 1 atom stereocenters. The third kappa shape index (κ3) is 9.00. The second kappa shape index (κ2) is 16.7. The minimum Gasteiger partial charge on any atom is -0.497 e. The van der Waals surface area contributed by atoms with Gasteiger partial charge in [0.1, 0.15) is 24.1 Å². The van der Waals surface area contributed by atoms with Crippen LogP contribution in [0.3, 0.4) is 0 Å². The van der Waals surface area contributed by atoms with Gasteiger partial charge in [-0.05, 0) is 47.9 Å². The van der Waals surface area contributed by atoms with Crippen LogP contribution in [0.25, 0.3) is 0 Å². The van der Waals surface area contributed by atoms with Crippen LogP contribution in [0.1, 0.15) is 25.0 Å². The number of ether oxygens (including phenoxy) is 2. The smallest absolute Gasteiger partial charge is 0.264 e. The zero-order valence-electron chi connectivity index (χ0n) is 27.2. The Morgan fingerprint density at radius 2 is 1.46 bits per heavy atom. The molecule has 0 spiro atoms. The summed E-state index contributed by atoms with van der Waals surface area (Å²) in [5.74, 6) is -0.391. The molecule has 0 aliphatic heterocycles. The molecule has 9 nitrogen and oxygen atoms in total. The lowest BCUT2D eigenvalue weighted by Crippen LogP contribution is -2.53. The van der Waals surface area contributed by atoms with E-state index in [2.05, 4.69) is 5.32 Å². The first-order valence-corrected chi connectivity index (χ1v) is 17.5. The summed E-state index contributed by atoms with van der Waals surface area (Å²) in [6.45, 7) is 3.44. The van der Waals surface area contributed by atoms with Gasteiger partial charge in [-0.15, -0.1) is 0 Å². The van der Waals surface area contributed by atoms with Gasteiger partial charge in [0, 0.05) is 41.2 Å². The molecular weight excluding hydrogens is 673 g/mol. The van der Waals surface area contributed by atoms with E-state index < -0.39 is 34.4 Å². The molecule has 1 N–H and O–H groups in total. The van der Waals surface area contributed by atoms with Crippen molar-refractivity contribution in [1.29, 1.82) is 0 Å². The minimum atomic E-state index is -4.36. The largest absolute Gasteiger partial charge is 0.497 e. The Bertz CT molecular complexity index is 1790. The lowest BCUT2D eigenvalue weighted by molar-refractivity contribution is -0.140. The van der Waals surface area contributed by atoms with Gasteiger partial charge in [0.2, 0.25) is 11.8 Å². The summed E-state index contributed by atoms with van der Waals surface area (Å²) >= 11 is 13.2. The van der Waals surface area contributed by atoms with Gasteiger partial charge >= 0.3 is 0 Å². The summed E-state index contributed by atoms with van der Waals surface area (Å²) in [6, 6.07) is 25.6. The zero-order chi connectivity index (χ0) is 34.8. The number of carbonyl (C=O) groups excluding carboxylic acids is 2. The third-order valence-corrected chi connectivity index (χ3v) is 10.1. The number of hydrogen-bond donors (Lipinski definition) is 1. The van der Waals surface area contributed by atoms with Gasteiger partial charge in [0.15, 0.2) is 0 Å². The van der Waals surface area contributed by atoms with Gasteiger partial charge in [-0.25, -0.2) is 8.42 Å². The molecule has 0 aromatic heterocycles. The van der Waals surface area contributed by atoms with Crippen molar-refractivity contribution in [2.24, 2.45) is 5.92 Å². The van der Waals surface area contributed by atoms with Crippen LogP contribution in [0.4, 0.5) is 5.69 Å². The highest BCUT2D eigenvalue weighted by molar-refractivity contribution is 7.92. The van der Waals surface area contributed by atoms with Crippen molar-refractivity contribution in [3.63, 3.8) is 0 Å². The van der Waals surface area contributed by atoms with E-state index in [1.165, 1.54) is 37.3 Å². The van der Waals surface area contributed by atoms with Crippen LogP contribution < -0.4 is 19.1 Å². The topological polar surface area (TPSA) is 105 Å². The summed E-state index contributed by atoms with van der Waals surface area (Å²) in [6.07, 6.45) is 0.145. The average Bonchev–Trinajstić information content (AvgIpc) is 3.09. The van der Waals surface area contributed by atoms with E-state index in [0.717, 1.165) is 9.87 Å². The molecule has 0 bridgehead atoms. The standard InChI is InChI=1S/C36H39Cl2N3O6S/c1-25(2)22-39-36(43)33(20-26-12-7-5-8-13-26)40(23-29-30(37)16-11-17-31(29)38)35(42)24-41(48(44,45)28-14-9-6-10-15-28)32-21-27(46-3)18-19-34(32)47-4/h5-19,21,25,33H,20,22-24H2,1-4H3,(H,39,43)/t33-/m1/s1. The van der Waals surface area contributed by atoms with Crippen molar-refractivity contribution in [2.45, 2.75) is 37.8 Å². The number of nitrogens with one attached hydrogen (secondary N) is 1. The van der Waals surface area contributed by atoms with Crippen LogP contribution in [0, 0.1) is 5.92 Å². The van der Waals surface area contributed by atoms with Gasteiger partial charge < -0.3 is 19.7 Å². The maximum atomic E-state index is 14.7. The molecule has 4 aromatic rings. The van der Waals surface area contributed by atoms with Crippen LogP contribution in [0.2, 0.25) is 10.0 Å². The number of benzene rings is 4. The number of rotatable bonds is 15. The van der Waals surface area contributed by atoms with E-state index in [4.69, 9.17) is 32.7 Å². The highest BCUT2D eigenvalue weighted by Crippen LogP contribution is 2.36. The van der Waals surface area contributed by atoms with Gasteiger partial charge in [-0.2, -0.15) is 0 Å². The van der Waals surface area contributed by atoms with Crippen LogP contribution in [0.5, 0.6) is 11.5 Å². The second-order valence-corrected chi connectivity index (χ2v) is 14.1. The highest BCUT2D eigenvalue weighted by Gasteiger charge is 2.36. The average molecular weight is 713 g/mol. The predicted octanol–water partition coefficient (Wildman–Crippen LogP) is 6.62. The predicted molar refractivity (Wildman–Crippen MR) is 189 cm³/mol. The van der Waals surface area contributed by atoms with Crippen LogP contribution in [-0.2, 0) is 32.6 Å². The summed E-state index contributed by atoms with van der Waals surface area (Å²) < 4.78 is 40.6. The molecule has 0 heterocycles. The quantitative estimate of drug-likeness (QED) is 0.149. The first-order chi connectivity index (χ1) is 23.0. The number of sulfonamides is 1. The fourth-order valence-electron chi connectivity index (χ4n) is 5.05. The molecule has 2 amide bonds. The Balaban J connectivity index is 1.89. The summed E-state index contributed by atoms with van der Waals surface area (Å²) in [4.78, 5) is 30.0. The Labute approximate surface area is 292 Å². The molecule has 4 rings (SSSR count). The Hall–Kier alpha value is -4.25. The van der Waals surface area contributed by atoms with Crippen LogP contribution in [0.15, 0.2) is 102 Å². The molecule has 4 aromatic carbocycles. The molecule has 0 saturated carbocycles. The van der Waals surface area contributed by atoms with Gasteiger partial charge in [0.25, 0.3) is 10.0 Å². The first kappa shape index (κ1) is 36.6. The maximum absolute atomic E-state index is 14.7. The van der Waals surface area contributed by atoms with Crippen molar-refractivity contribution in [1.82, 2.24) is 10.2 Å². The molecule has 12 heteroatoms. The lowest BCUT2D eigenvalue weighted by Gasteiger charge is -2.34. The maximum Gasteiger partial charge on any atom is 0.264 e. The number of halogens is 2. The number of nitrogens with zero attached hydrogens (tertiary/aromatic N) is 2. The lowest BCUT2D eigenvalue weighted by atomic mass is 10.0.